The summed E-state index contributed by atoms with van der Waals surface area (Å²) in [6, 6.07) is 3.75. The Balaban J connectivity index is 1.69. The van der Waals surface area contributed by atoms with Crippen LogP contribution in [0.15, 0.2) is 18.3 Å². The van der Waals surface area contributed by atoms with Crippen molar-refractivity contribution in [1.29, 1.82) is 0 Å². The molecule has 2 aliphatic heterocycles. The molecule has 0 bridgehead atoms. The normalized spacial score (nSPS) is 23.1. The maximum Gasteiger partial charge on any atom is 0.308 e. The van der Waals surface area contributed by atoms with Gasteiger partial charge in [-0.05, 0) is 19.2 Å². The summed E-state index contributed by atoms with van der Waals surface area (Å²) < 4.78 is 0. The van der Waals surface area contributed by atoms with Gasteiger partial charge in [0.05, 0.1) is 17.8 Å². The number of carbonyl (C=O) groups is 2. The summed E-state index contributed by atoms with van der Waals surface area (Å²) in [5.74, 6) is -1.20. The minimum absolute atomic E-state index is 0.0528. The van der Waals surface area contributed by atoms with E-state index in [-0.39, 0.29) is 18.9 Å². The van der Waals surface area contributed by atoms with Gasteiger partial charge in [-0.2, -0.15) is 0 Å². The molecular formula is C15H20N4O3. The van der Waals surface area contributed by atoms with E-state index in [9.17, 15) is 9.59 Å². The van der Waals surface area contributed by atoms with Crippen molar-refractivity contribution < 1.29 is 14.7 Å². The second-order valence-electron chi connectivity index (χ2n) is 5.91. The van der Waals surface area contributed by atoms with Crippen molar-refractivity contribution in [3.8, 4) is 0 Å². The maximum atomic E-state index is 11.9. The molecule has 2 saturated heterocycles. The van der Waals surface area contributed by atoms with Crippen molar-refractivity contribution >= 4 is 23.4 Å². The van der Waals surface area contributed by atoms with Crippen molar-refractivity contribution in [3.63, 3.8) is 0 Å². The SMILES string of the molecule is CN1CCN(c2ccc(N3CC(C(=O)O)CC3=O)nc2)CC1. The largest absolute Gasteiger partial charge is 0.481 e. The predicted molar refractivity (Wildman–Crippen MR) is 82.0 cm³/mol. The molecule has 118 valence electrons. The van der Waals surface area contributed by atoms with Crippen LogP contribution < -0.4 is 9.80 Å². The average Bonchev–Trinajstić information content (AvgIpc) is 2.91. The number of carboxylic acid groups (broad SMARTS) is 1. The third-order valence-electron chi connectivity index (χ3n) is 4.35. The lowest BCUT2D eigenvalue weighted by atomic mass is 10.1. The zero-order valence-electron chi connectivity index (χ0n) is 12.6. The molecule has 0 radical (unpaired) electrons. The molecule has 0 spiro atoms. The van der Waals surface area contributed by atoms with Gasteiger partial charge < -0.3 is 14.9 Å². The molecule has 1 N–H and O–H groups in total. The molecule has 2 fully saturated rings. The summed E-state index contributed by atoms with van der Waals surface area (Å²) in [5, 5.41) is 9.02. The van der Waals surface area contributed by atoms with Crippen LogP contribution in [-0.4, -0.2) is 66.6 Å². The number of carboxylic acids is 1. The summed E-state index contributed by atoms with van der Waals surface area (Å²) in [6.07, 6.45) is 1.82. The Hall–Kier alpha value is -2.15. The third kappa shape index (κ3) is 2.89. The summed E-state index contributed by atoms with van der Waals surface area (Å²) in [5.41, 5.74) is 1.04. The fourth-order valence-electron chi connectivity index (χ4n) is 2.88. The summed E-state index contributed by atoms with van der Waals surface area (Å²) >= 11 is 0. The van der Waals surface area contributed by atoms with Crippen molar-refractivity contribution in [2.24, 2.45) is 5.92 Å². The highest BCUT2D eigenvalue weighted by atomic mass is 16.4. The molecule has 0 aromatic carbocycles. The molecule has 0 saturated carbocycles. The van der Waals surface area contributed by atoms with Crippen molar-refractivity contribution in [3.05, 3.63) is 18.3 Å². The lowest BCUT2D eigenvalue weighted by molar-refractivity contribution is -0.141. The first kappa shape index (κ1) is 14.8. The molecule has 22 heavy (non-hydrogen) atoms. The number of pyridine rings is 1. The minimum Gasteiger partial charge on any atom is -0.481 e. The molecule has 1 aromatic heterocycles. The topological polar surface area (TPSA) is 77.0 Å². The van der Waals surface area contributed by atoms with Crippen LogP contribution in [0.1, 0.15) is 6.42 Å². The zero-order valence-corrected chi connectivity index (χ0v) is 12.6. The fourth-order valence-corrected chi connectivity index (χ4v) is 2.88. The number of rotatable bonds is 3. The molecule has 1 amide bonds. The van der Waals surface area contributed by atoms with Gasteiger partial charge >= 0.3 is 5.97 Å². The number of nitrogens with zero attached hydrogens (tertiary/aromatic N) is 4. The van der Waals surface area contributed by atoms with E-state index in [1.165, 1.54) is 4.90 Å². The number of hydrogen-bond acceptors (Lipinski definition) is 5. The van der Waals surface area contributed by atoms with Crippen LogP contribution in [0.4, 0.5) is 11.5 Å². The molecule has 7 nitrogen and oxygen atoms in total. The van der Waals surface area contributed by atoms with E-state index < -0.39 is 11.9 Å². The lowest BCUT2D eigenvalue weighted by Crippen LogP contribution is -2.44. The van der Waals surface area contributed by atoms with Crippen molar-refractivity contribution in [2.45, 2.75) is 6.42 Å². The Morgan fingerprint density at radius 2 is 2.00 bits per heavy atom. The highest BCUT2D eigenvalue weighted by Crippen LogP contribution is 2.25. The van der Waals surface area contributed by atoms with Gasteiger partial charge in [0.25, 0.3) is 0 Å². The highest BCUT2D eigenvalue weighted by Gasteiger charge is 2.35. The average molecular weight is 304 g/mol. The highest BCUT2D eigenvalue weighted by molar-refractivity contribution is 5.98. The number of amides is 1. The van der Waals surface area contributed by atoms with E-state index in [0.717, 1.165) is 31.9 Å². The molecular weight excluding hydrogens is 284 g/mol. The second kappa shape index (κ2) is 5.92. The van der Waals surface area contributed by atoms with Crippen LogP contribution in [0.3, 0.4) is 0 Å². The van der Waals surface area contributed by atoms with Crippen LogP contribution >= 0.6 is 0 Å². The van der Waals surface area contributed by atoms with Gasteiger partial charge in [0, 0.05) is 39.1 Å². The molecule has 7 heteroatoms. The van der Waals surface area contributed by atoms with Gasteiger partial charge in [0.1, 0.15) is 5.82 Å². The smallest absolute Gasteiger partial charge is 0.308 e. The first-order valence-corrected chi connectivity index (χ1v) is 7.47. The fraction of sp³-hybridized carbons (Fsp3) is 0.533. The van der Waals surface area contributed by atoms with Crippen molar-refractivity contribution in [2.75, 3.05) is 49.6 Å². The Morgan fingerprint density at radius 3 is 2.55 bits per heavy atom. The van der Waals surface area contributed by atoms with E-state index in [2.05, 4.69) is 21.8 Å². The third-order valence-corrected chi connectivity index (χ3v) is 4.35. The van der Waals surface area contributed by atoms with Crippen LogP contribution in [0.2, 0.25) is 0 Å². The summed E-state index contributed by atoms with van der Waals surface area (Å²) in [7, 11) is 2.11. The Morgan fingerprint density at radius 1 is 1.27 bits per heavy atom. The predicted octanol–water partition coefficient (Wildman–Crippen LogP) is 0.271. The maximum absolute atomic E-state index is 11.9. The molecule has 2 aliphatic rings. The molecule has 1 aromatic rings. The number of hydrogen-bond donors (Lipinski definition) is 1. The van der Waals surface area contributed by atoms with E-state index in [0.29, 0.717) is 5.82 Å². The van der Waals surface area contributed by atoms with Crippen LogP contribution in [0, 0.1) is 5.92 Å². The lowest BCUT2D eigenvalue weighted by Gasteiger charge is -2.33. The van der Waals surface area contributed by atoms with E-state index in [1.54, 1.807) is 12.3 Å². The Labute approximate surface area is 129 Å². The number of aliphatic carboxylic acids is 1. The van der Waals surface area contributed by atoms with E-state index >= 15 is 0 Å². The number of aromatic nitrogens is 1. The van der Waals surface area contributed by atoms with Crippen LogP contribution in [0.25, 0.3) is 0 Å². The minimum atomic E-state index is -0.926. The summed E-state index contributed by atoms with van der Waals surface area (Å²) in [4.78, 5) is 33.3. The van der Waals surface area contributed by atoms with Gasteiger partial charge in [-0.3, -0.25) is 14.5 Å². The number of likely N-dealkylation sites (N-methyl/N-ethyl adjacent to an activating group) is 1. The Bertz CT molecular complexity index is 567. The molecule has 3 heterocycles. The quantitative estimate of drug-likeness (QED) is 0.864. The monoisotopic (exact) mass is 304 g/mol. The van der Waals surface area contributed by atoms with Crippen LogP contribution in [0.5, 0.6) is 0 Å². The van der Waals surface area contributed by atoms with Gasteiger partial charge in [0.2, 0.25) is 5.91 Å². The number of carbonyl (C=O) groups excluding carboxylic acids is 1. The molecule has 3 rings (SSSR count). The number of anilines is 2. The summed E-state index contributed by atoms with van der Waals surface area (Å²) in [6.45, 7) is 4.16. The standard InChI is InChI=1S/C15H20N4O3/c1-17-4-6-18(7-5-17)12-2-3-13(16-9-12)19-10-11(15(21)22)8-14(19)20/h2-3,9,11H,4-8,10H2,1H3,(H,21,22). The first-order valence-electron chi connectivity index (χ1n) is 7.47. The van der Waals surface area contributed by atoms with Gasteiger partial charge in [-0.15, -0.1) is 0 Å². The van der Waals surface area contributed by atoms with Gasteiger partial charge in [0.15, 0.2) is 0 Å². The first-order chi connectivity index (χ1) is 10.5. The molecule has 1 atom stereocenters. The molecule has 1 unspecified atom stereocenters. The Kier molecular flexibility index (Phi) is 3.98. The number of piperazine rings is 1. The van der Waals surface area contributed by atoms with Crippen LogP contribution in [-0.2, 0) is 9.59 Å². The van der Waals surface area contributed by atoms with E-state index in [4.69, 9.17) is 5.11 Å². The second-order valence-corrected chi connectivity index (χ2v) is 5.91. The zero-order chi connectivity index (χ0) is 15.7. The molecule has 0 aliphatic carbocycles. The van der Waals surface area contributed by atoms with E-state index in [1.807, 2.05) is 6.07 Å². The van der Waals surface area contributed by atoms with Crippen molar-refractivity contribution in [1.82, 2.24) is 9.88 Å². The van der Waals surface area contributed by atoms with Gasteiger partial charge in [-0.25, -0.2) is 4.98 Å². The van der Waals surface area contributed by atoms with Gasteiger partial charge in [-0.1, -0.05) is 0 Å².